The minimum atomic E-state index is -0.312. The molecule has 0 bridgehead atoms. The highest BCUT2D eigenvalue weighted by atomic mass is 16.5. The van der Waals surface area contributed by atoms with Gasteiger partial charge < -0.3 is 10.1 Å². The van der Waals surface area contributed by atoms with E-state index in [0.717, 1.165) is 5.69 Å². The Labute approximate surface area is 117 Å². The van der Waals surface area contributed by atoms with Crippen molar-refractivity contribution in [2.24, 2.45) is 0 Å². The molecule has 2 amide bonds. The third-order valence-electron chi connectivity index (χ3n) is 2.77. The molecular weight excluding hydrogens is 256 g/mol. The number of benzene rings is 1. The fourth-order valence-electron chi connectivity index (χ4n) is 1.87. The number of carbonyl (C=O) groups is 1. The van der Waals surface area contributed by atoms with Crippen LogP contribution in [0.1, 0.15) is 12.6 Å². The molecule has 0 aliphatic rings. The standard InChI is InChI=1S/C14H18N4O2/c1-4-18-13(8-10(2)17-18)16-14(19)15-11-6-5-7-12(9-11)20-3/h5-9H,4H2,1-3H3,(H2,15,16,19). The second-order valence-electron chi connectivity index (χ2n) is 4.30. The molecule has 1 aromatic heterocycles. The Morgan fingerprint density at radius 3 is 2.85 bits per heavy atom. The van der Waals surface area contributed by atoms with E-state index in [4.69, 9.17) is 4.74 Å². The van der Waals surface area contributed by atoms with Gasteiger partial charge in [-0.1, -0.05) is 6.07 Å². The largest absolute Gasteiger partial charge is 0.497 e. The van der Waals surface area contributed by atoms with Crippen LogP contribution >= 0.6 is 0 Å². The molecule has 0 aliphatic carbocycles. The molecule has 0 fully saturated rings. The molecule has 0 radical (unpaired) electrons. The van der Waals surface area contributed by atoms with Crippen LogP contribution in [0, 0.1) is 6.92 Å². The van der Waals surface area contributed by atoms with Crippen LogP contribution in [-0.2, 0) is 6.54 Å². The molecule has 0 saturated carbocycles. The number of urea groups is 1. The van der Waals surface area contributed by atoms with Crippen LogP contribution in [0.15, 0.2) is 30.3 Å². The molecule has 2 N–H and O–H groups in total. The number of aromatic nitrogens is 2. The molecule has 1 heterocycles. The van der Waals surface area contributed by atoms with Crippen LogP contribution in [-0.4, -0.2) is 22.9 Å². The number of carbonyl (C=O) groups excluding carboxylic acids is 1. The second kappa shape index (κ2) is 6.10. The van der Waals surface area contributed by atoms with Crippen molar-refractivity contribution in [3.8, 4) is 5.75 Å². The Kier molecular flexibility index (Phi) is 4.24. The van der Waals surface area contributed by atoms with Crippen molar-refractivity contribution in [2.45, 2.75) is 20.4 Å². The summed E-state index contributed by atoms with van der Waals surface area (Å²) in [4.78, 5) is 12.0. The number of ether oxygens (including phenoxy) is 1. The van der Waals surface area contributed by atoms with E-state index in [2.05, 4.69) is 15.7 Å². The smallest absolute Gasteiger partial charge is 0.324 e. The summed E-state index contributed by atoms with van der Waals surface area (Å²) in [6.45, 7) is 4.55. The van der Waals surface area contributed by atoms with E-state index in [1.807, 2.05) is 32.0 Å². The van der Waals surface area contributed by atoms with Gasteiger partial charge in [-0.2, -0.15) is 5.10 Å². The second-order valence-corrected chi connectivity index (χ2v) is 4.30. The predicted octanol–water partition coefficient (Wildman–Crippen LogP) is 2.86. The van der Waals surface area contributed by atoms with Crippen LogP contribution in [0.4, 0.5) is 16.3 Å². The lowest BCUT2D eigenvalue weighted by Crippen LogP contribution is -2.21. The highest BCUT2D eigenvalue weighted by Gasteiger charge is 2.08. The zero-order valence-electron chi connectivity index (χ0n) is 11.8. The number of nitrogens with zero attached hydrogens (tertiary/aromatic N) is 2. The molecule has 20 heavy (non-hydrogen) atoms. The van der Waals surface area contributed by atoms with E-state index < -0.39 is 0 Å². The number of amides is 2. The summed E-state index contributed by atoms with van der Waals surface area (Å²) < 4.78 is 6.85. The molecule has 1 aromatic carbocycles. The van der Waals surface area contributed by atoms with E-state index in [1.165, 1.54) is 0 Å². The number of hydrogen-bond acceptors (Lipinski definition) is 3. The fraction of sp³-hybridized carbons (Fsp3) is 0.286. The molecular formula is C14H18N4O2. The number of nitrogens with one attached hydrogen (secondary N) is 2. The Bertz CT molecular complexity index is 607. The SMILES string of the molecule is CCn1nc(C)cc1NC(=O)Nc1cccc(OC)c1. The van der Waals surface area contributed by atoms with E-state index in [-0.39, 0.29) is 6.03 Å². The van der Waals surface area contributed by atoms with Gasteiger partial charge in [0.1, 0.15) is 11.6 Å². The van der Waals surface area contributed by atoms with Crippen molar-refractivity contribution >= 4 is 17.5 Å². The normalized spacial score (nSPS) is 10.2. The molecule has 0 aliphatic heterocycles. The Morgan fingerprint density at radius 1 is 1.35 bits per heavy atom. The first kappa shape index (κ1) is 13.9. The van der Waals surface area contributed by atoms with Crippen molar-refractivity contribution in [1.82, 2.24) is 9.78 Å². The maximum absolute atomic E-state index is 12.0. The maximum Gasteiger partial charge on any atom is 0.324 e. The van der Waals surface area contributed by atoms with Crippen LogP contribution < -0.4 is 15.4 Å². The van der Waals surface area contributed by atoms with Crippen LogP contribution in [0.5, 0.6) is 5.75 Å². The third kappa shape index (κ3) is 3.28. The summed E-state index contributed by atoms with van der Waals surface area (Å²) >= 11 is 0. The van der Waals surface area contributed by atoms with E-state index in [1.54, 1.807) is 23.9 Å². The molecule has 0 atom stereocenters. The average Bonchev–Trinajstić information content (AvgIpc) is 2.78. The number of rotatable bonds is 4. The van der Waals surface area contributed by atoms with E-state index >= 15 is 0 Å². The molecule has 6 nitrogen and oxygen atoms in total. The maximum atomic E-state index is 12.0. The molecule has 2 aromatic rings. The number of methoxy groups -OCH3 is 1. The van der Waals surface area contributed by atoms with Gasteiger partial charge in [0.2, 0.25) is 0 Å². The lowest BCUT2D eigenvalue weighted by atomic mass is 10.3. The van der Waals surface area contributed by atoms with Gasteiger partial charge in [-0.15, -0.1) is 0 Å². The minimum Gasteiger partial charge on any atom is -0.497 e. The molecule has 0 unspecified atom stereocenters. The zero-order valence-corrected chi connectivity index (χ0v) is 11.8. The summed E-state index contributed by atoms with van der Waals surface area (Å²) in [7, 11) is 1.59. The number of aryl methyl sites for hydroxylation is 2. The van der Waals surface area contributed by atoms with Crippen molar-refractivity contribution in [2.75, 3.05) is 17.7 Å². The van der Waals surface area contributed by atoms with Crippen molar-refractivity contribution in [3.05, 3.63) is 36.0 Å². The van der Waals surface area contributed by atoms with Gasteiger partial charge in [0.15, 0.2) is 0 Å². The van der Waals surface area contributed by atoms with Gasteiger partial charge in [-0.25, -0.2) is 9.48 Å². The predicted molar refractivity (Wildman–Crippen MR) is 78.3 cm³/mol. The lowest BCUT2D eigenvalue weighted by molar-refractivity contribution is 0.262. The van der Waals surface area contributed by atoms with Gasteiger partial charge in [0, 0.05) is 24.4 Å². The Balaban J connectivity index is 2.04. The molecule has 6 heteroatoms. The van der Waals surface area contributed by atoms with Crippen molar-refractivity contribution < 1.29 is 9.53 Å². The van der Waals surface area contributed by atoms with Gasteiger partial charge >= 0.3 is 6.03 Å². The first-order valence-electron chi connectivity index (χ1n) is 6.39. The molecule has 0 saturated heterocycles. The molecule has 106 valence electrons. The summed E-state index contributed by atoms with van der Waals surface area (Å²) in [5, 5.41) is 9.80. The fourth-order valence-corrected chi connectivity index (χ4v) is 1.87. The van der Waals surface area contributed by atoms with Crippen molar-refractivity contribution in [3.63, 3.8) is 0 Å². The monoisotopic (exact) mass is 274 g/mol. The topological polar surface area (TPSA) is 68.2 Å². The lowest BCUT2D eigenvalue weighted by Gasteiger charge is -2.09. The van der Waals surface area contributed by atoms with Gasteiger partial charge in [0.25, 0.3) is 0 Å². The van der Waals surface area contributed by atoms with Crippen LogP contribution in [0.3, 0.4) is 0 Å². The summed E-state index contributed by atoms with van der Waals surface area (Å²) in [6, 6.07) is 8.70. The van der Waals surface area contributed by atoms with Gasteiger partial charge in [0.05, 0.1) is 12.8 Å². The van der Waals surface area contributed by atoms with Crippen LogP contribution in [0.25, 0.3) is 0 Å². The van der Waals surface area contributed by atoms with Crippen LogP contribution in [0.2, 0.25) is 0 Å². The minimum absolute atomic E-state index is 0.312. The first-order valence-corrected chi connectivity index (χ1v) is 6.39. The third-order valence-corrected chi connectivity index (χ3v) is 2.77. The summed E-state index contributed by atoms with van der Waals surface area (Å²) in [5.41, 5.74) is 1.53. The van der Waals surface area contributed by atoms with E-state index in [9.17, 15) is 4.79 Å². The first-order chi connectivity index (χ1) is 9.62. The Morgan fingerprint density at radius 2 is 2.15 bits per heavy atom. The van der Waals surface area contributed by atoms with Crippen molar-refractivity contribution in [1.29, 1.82) is 0 Å². The number of anilines is 2. The Hall–Kier alpha value is -2.50. The van der Waals surface area contributed by atoms with E-state index in [0.29, 0.717) is 23.8 Å². The number of hydrogen-bond donors (Lipinski definition) is 2. The summed E-state index contributed by atoms with van der Waals surface area (Å²) in [6.07, 6.45) is 0. The van der Waals surface area contributed by atoms with Gasteiger partial charge in [-0.3, -0.25) is 5.32 Å². The molecule has 0 spiro atoms. The molecule has 2 rings (SSSR count). The summed E-state index contributed by atoms with van der Waals surface area (Å²) in [5.74, 6) is 1.36. The quantitative estimate of drug-likeness (QED) is 0.900. The highest BCUT2D eigenvalue weighted by molar-refractivity contribution is 5.99. The zero-order chi connectivity index (χ0) is 14.5. The highest BCUT2D eigenvalue weighted by Crippen LogP contribution is 2.17. The average molecular weight is 274 g/mol. The van der Waals surface area contributed by atoms with Gasteiger partial charge in [-0.05, 0) is 26.0 Å².